The summed E-state index contributed by atoms with van der Waals surface area (Å²) in [6.45, 7) is 2.59. The van der Waals surface area contributed by atoms with Crippen molar-refractivity contribution in [1.29, 1.82) is 0 Å². The van der Waals surface area contributed by atoms with Gasteiger partial charge in [-0.1, -0.05) is 52.3 Å². The van der Waals surface area contributed by atoms with Gasteiger partial charge in [-0.2, -0.15) is 0 Å². The average molecular weight is 330 g/mol. The van der Waals surface area contributed by atoms with Crippen LogP contribution in [0.25, 0.3) is 6.08 Å². The quantitative estimate of drug-likeness (QED) is 0.841. The van der Waals surface area contributed by atoms with E-state index in [4.69, 9.17) is 0 Å². The van der Waals surface area contributed by atoms with E-state index in [-0.39, 0.29) is 5.91 Å². The van der Waals surface area contributed by atoms with E-state index >= 15 is 0 Å². The summed E-state index contributed by atoms with van der Waals surface area (Å²) in [6, 6.07) is 15.8. The summed E-state index contributed by atoms with van der Waals surface area (Å²) in [4.78, 5) is 11.8. The Hall–Kier alpha value is -1.87. The summed E-state index contributed by atoms with van der Waals surface area (Å²) in [5.41, 5.74) is 3.32. The molecule has 0 fully saturated rings. The second-order valence-corrected chi connectivity index (χ2v) is 5.44. The SMILES string of the molecule is Cc1ccccc1CNC(=O)/C=C/c1ccc(Br)cc1. The summed E-state index contributed by atoms with van der Waals surface area (Å²) in [6.07, 6.45) is 3.36. The van der Waals surface area contributed by atoms with Gasteiger partial charge in [0.15, 0.2) is 0 Å². The summed E-state index contributed by atoms with van der Waals surface area (Å²) in [5, 5.41) is 2.89. The highest BCUT2D eigenvalue weighted by molar-refractivity contribution is 9.10. The van der Waals surface area contributed by atoms with Gasteiger partial charge >= 0.3 is 0 Å². The number of halogens is 1. The van der Waals surface area contributed by atoms with Gasteiger partial charge in [0, 0.05) is 17.1 Å². The van der Waals surface area contributed by atoms with Gasteiger partial charge < -0.3 is 5.32 Å². The highest BCUT2D eigenvalue weighted by Gasteiger charge is 1.99. The molecule has 0 aliphatic carbocycles. The fourth-order valence-corrected chi connectivity index (χ4v) is 2.06. The summed E-state index contributed by atoms with van der Waals surface area (Å²) >= 11 is 3.38. The lowest BCUT2D eigenvalue weighted by atomic mass is 10.1. The Morgan fingerprint density at radius 2 is 1.85 bits per heavy atom. The van der Waals surface area contributed by atoms with Crippen molar-refractivity contribution in [1.82, 2.24) is 5.32 Å². The number of carbonyl (C=O) groups is 1. The highest BCUT2D eigenvalue weighted by Crippen LogP contribution is 2.11. The van der Waals surface area contributed by atoms with Crippen LogP contribution in [-0.2, 0) is 11.3 Å². The molecule has 0 aromatic heterocycles. The smallest absolute Gasteiger partial charge is 0.244 e. The first kappa shape index (κ1) is 14.5. The molecule has 1 N–H and O–H groups in total. The first-order valence-electron chi connectivity index (χ1n) is 6.41. The van der Waals surface area contributed by atoms with E-state index in [1.54, 1.807) is 12.2 Å². The lowest BCUT2D eigenvalue weighted by Gasteiger charge is -2.05. The van der Waals surface area contributed by atoms with Crippen LogP contribution in [0.15, 0.2) is 59.1 Å². The third kappa shape index (κ3) is 4.35. The second-order valence-electron chi connectivity index (χ2n) is 4.53. The predicted octanol–water partition coefficient (Wildman–Crippen LogP) is 4.09. The maximum Gasteiger partial charge on any atom is 0.244 e. The van der Waals surface area contributed by atoms with Crippen LogP contribution in [0.2, 0.25) is 0 Å². The zero-order chi connectivity index (χ0) is 14.4. The Labute approximate surface area is 127 Å². The molecule has 0 unspecified atom stereocenters. The number of benzene rings is 2. The minimum Gasteiger partial charge on any atom is -0.348 e. The molecule has 0 aliphatic rings. The van der Waals surface area contributed by atoms with E-state index in [1.165, 1.54) is 5.56 Å². The molecule has 2 nitrogen and oxygen atoms in total. The highest BCUT2D eigenvalue weighted by atomic mass is 79.9. The van der Waals surface area contributed by atoms with Crippen LogP contribution >= 0.6 is 15.9 Å². The minimum absolute atomic E-state index is 0.0869. The lowest BCUT2D eigenvalue weighted by molar-refractivity contribution is -0.116. The maximum absolute atomic E-state index is 11.8. The zero-order valence-corrected chi connectivity index (χ0v) is 12.9. The number of rotatable bonds is 4. The van der Waals surface area contributed by atoms with Crippen LogP contribution < -0.4 is 5.32 Å². The van der Waals surface area contributed by atoms with Gasteiger partial charge in [-0.15, -0.1) is 0 Å². The van der Waals surface area contributed by atoms with Crippen LogP contribution in [0.5, 0.6) is 0 Å². The molecule has 0 aliphatic heterocycles. The van der Waals surface area contributed by atoms with Crippen molar-refractivity contribution in [3.63, 3.8) is 0 Å². The predicted molar refractivity (Wildman–Crippen MR) is 86.2 cm³/mol. The van der Waals surface area contributed by atoms with Crippen molar-refractivity contribution in [3.05, 3.63) is 75.8 Å². The number of hydrogen-bond acceptors (Lipinski definition) is 1. The monoisotopic (exact) mass is 329 g/mol. The fourth-order valence-electron chi connectivity index (χ4n) is 1.80. The molecule has 0 heterocycles. The Kier molecular flexibility index (Phi) is 5.13. The Morgan fingerprint density at radius 1 is 1.15 bits per heavy atom. The topological polar surface area (TPSA) is 29.1 Å². The van der Waals surface area contributed by atoms with E-state index in [0.717, 1.165) is 15.6 Å². The molecule has 3 heteroatoms. The average Bonchev–Trinajstić information content (AvgIpc) is 2.46. The van der Waals surface area contributed by atoms with Gasteiger partial charge in [-0.05, 0) is 41.8 Å². The summed E-state index contributed by atoms with van der Waals surface area (Å²) in [7, 11) is 0. The molecule has 20 heavy (non-hydrogen) atoms. The fraction of sp³-hybridized carbons (Fsp3) is 0.118. The maximum atomic E-state index is 11.8. The molecule has 0 atom stereocenters. The van der Waals surface area contributed by atoms with Crippen molar-refractivity contribution >= 4 is 27.9 Å². The number of nitrogens with one attached hydrogen (secondary N) is 1. The van der Waals surface area contributed by atoms with Crippen LogP contribution in [0, 0.1) is 6.92 Å². The summed E-state index contributed by atoms with van der Waals surface area (Å²) in [5.74, 6) is -0.0869. The van der Waals surface area contributed by atoms with Gasteiger partial charge in [0.1, 0.15) is 0 Å². The van der Waals surface area contributed by atoms with E-state index in [0.29, 0.717) is 6.54 Å². The Bertz CT molecular complexity index is 617. The zero-order valence-electron chi connectivity index (χ0n) is 11.3. The molecule has 102 valence electrons. The molecule has 0 spiro atoms. The number of amides is 1. The van der Waals surface area contributed by atoms with E-state index in [1.807, 2.05) is 55.5 Å². The van der Waals surface area contributed by atoms with Crippen molar-refractivity contribution in [2.24, 2.45) is 0 Å². The van der Waals surface area contributed by atoms with Gasteiger partial charge in [-0.3, -0.25) is 4.79 Å². The Balaban J connectivity index is 1.90. The first-order chi connectivity index (χ1) is 9.65. The standard InChI is InChI=1S/C17H16BrNO/c1-13-4-2-3-5-15(13)12-19-17(20)11-8-14-6-9-16(18)10-7-14/h2-11H,12H2,1H3,(H,19,20)/b11-8+. The third-order valence-corrected chi connectivity index (χ3v) is 3.54. The molecule has 2 aromatic carbocycles. The van der Waals surface area contributed by atoms with Gasteiger partial charge in [-0.25, -0.2) is 0 Å². The molecule has 1 amide bonds. The van der Waals surface area contributed by atoms with Crippen molar-refractivity contribution < 1.29 is 4.79 Å². The van der Waals surface area contributed by atoms with Crippen LogP contribution in [0.1, 0.15) is 16.7 Å². The van der Waals surface area contributed by atoms with E-state index in [2.05, 4.69) is 21.2 Å². The minimum atomic E-state index is -0.0869. The molecule has 2 aromatic rings. The van der Waals surface area contributed by atoms with Gasteiger partial charge in [0.2, 0.25) is 5.91 Å². The third-order valence-electron chi connectivity index (χ3n) is 3.01. The largest absolute Gasteiger partial charge is 0.348 e. The van der Waals surface area contributed by atoms with E-state index < -0.39 is 0 Å². The van der Waals surface area contributed by atoms with Crippen molar-refractivity contribution in [2.75, 3.05) is 0 Å². The van der Waals surface area contributed by atoms with Crippen LogP contribution in [-0.4, -0.2) is 5.91 Å². The first-order valence-corrected chi connectivity index (χ1v) is 7.20. The van der Waals surface area contributed by atoms with Crippen LogP contribution in [0.4, 0.5) is 0 Å². The molecular formula is C17H16BrNO. The van der Waals surface area contributed by atoms with Gasteiger partial charge in [0.25, 0.3) is 0 Å². The van der Waals surface area contributed by atoms with Gasteiger partial charge in [0.05, 0.1) is 0 Å². The Morgan fingerprint density at radius 3 is 2.55 bits per heavy atom. The van der Waals surface area contributed by atoms with Crippen molar-refractivity contribution in [3.8, 4) is 0 Å². The lowest BCUT2D eigenvalue weighted by Crippen LogP contribution is -2.20. The molecular weight excluding hydrogens is 314 g/mol. The van der Waals surface area contributed by atoms with E-state index in [9.17, 15) is 4.79 Å². The normalized spacial score (nSPS) is 10.7. The molecule has 0 radical (unpaired) electrons. The molecule has 0 saturated carbocycles. The van der Waals surface area contributed by atoms with Crippen molar-refractivity contribution in [2.45, 2.75) is 13.5 Å². The molecule has 0 saturated heterocycles. The molecule has 2 rings (SSSR count). The number of aryl methyl sites for hydroxylation is 1. The number of carbonyl (C=O) groups excluding carboxylic acids is 1. The molecule has 0 bridgehead atoms. The van der Waals surface area contributed by atoms with Crippen LogP contribution in [0.3, 0.4) is 0 Å². The second kappa shape index (κ2) is 7.06. The number of hydrogen-bond donors (Lipinski definition) is 1. The summed E-state index contributed by atoms with van der Waals surface area (Å²) < 4.78 is 1.03.